The fourth-order valence-electron chi connectivity index (χ4n) is 0.737. The van der Waals surface area contributed by atoms with E-state index < -0.39 is 0 Å². The molecular weight excluding hydrogens is 175 g/mol. The second-order valence-electron chi connectivity index (χ2n) is 2.12. The van der Waals surface area contributed by atoms with Crippen molar-refractivity contribution in [1.29, 1.82) is 0 Å². The van der Waals surface area contributed by atoms with Crippen LogP contribution in [0.25, 0.3) is 0 Å². The molecule has 1 rings (SSSR count). The average molecular weight is 181 g/mol. The van der Waals surface area contributed by atoms with Crippen molar-refractivity contribution in [1.82, 2.24) is 0 Å². The second-order valence-corrected chi connectivity index (χ2v) is 6.05. The normalized spacial score (nSPS) is 24.8. The SMILES string of the molecule is Cl[Si]C1([Si]Cl)CCC1. The summed E-state index contributed by atoms with van der Waals surface area (Å²) < 4.78 is 0.392. The van der Waals surface area contributed by atoms with Gasteiger partial charge in [-0.15, -0.1) is 0 Å². The molecule has 8 heavy (non-hydrogen) atoms. The summed E-state index contributed by atoms with van der Waals surface area (Å²) in [6.45, 7) is 0. The monoisotopic (exact) mass is 180 g/mol. The lowest BCUT2D eigenvalue weighted by molar-refractivity contribution is 0.451. The lowest BCUT2D eigenvalue weighted by Crippen LogP contribution is -2.29. The maximum absolute atomic E-state index is 5.71. The molecule has 4 heteroatoms. The van der Waals surface area contributed by atoms with Crippen LogP contribution < -0.4 is 0 Å². The topological polar surface area (TPSA) is 0 Å². The first-order valence-electron chi connectivity index (χ1n) is 2.59. The lowest BCUT2D eigenvalue weighted by atomic mass is 9.98. The number of hydrogen-bond donors (Lipinski definition) is 0. The highest BCUT2D eigenvalue weighted by Gasteiger charge is 2.37. The van der Waals surface area contributed by atoms with Crippen LogP contribution in [-0.4, -0.2) is 17.7 Å². The predicted octanol–water partition coefficient (Wildman–Crippen LogP) is 2.00. The van der Waals surface area contributed by atoms with Crippen LogP contribution in [0.2, 0.25) is 4.66 Å². The van der Waals surface area contributed by atoms with Gasteiger partial charge < -0.3 is 0 Å². The summed E-state index contributed by atoms with van der Waals surface area (Å²) >= 11 is 11.4. The number of hydrogen-bond acceptors (Lipinski definition) is 0. The standard InChI is InChI=1S/C4H6Cl2Si2/c5-7-4(8-6)2-1-3-4/h1-3H2. The van der Waals surface area contributed by atoms with Gasteiger partial charge in [0.1, 0.15) is 0 Å². The maximum Gasteiger partial charge on any atom is 0.176 e. The number of halogens is 2. The first-order chi connectivity index (χ1) is 3.83. The van der Waals surface area contributed by atoms with Crippen LogP contribution >= 0.6 is 22.2 Å². The molecule has 0 aliphatic heterocycles. The third-order valence-electron chi connectivity index (χ3n) is 1.57. The third-order valence-corrected chi connectivity index (χ3v) is 7.16. The highest BCUT2D eigenvalue weighted by Crippen LogP contribution is 2.47. The molecule has 0 saturated heterocycles. The van der Waals surface area contributed by atoms with Gasteiger partial charge in [0.25, 0.3) is 0 Å². The zero-order valence-electron chi connectivity index (χ0n) is 4.38. The molecule has 0 unspecified atom stereocenters. The number of rotatable bonds is 2. The van der Waals surface area contributed by atoms with Crippen LogP contribution in [-0.2, 0) is 0 Å². The molecule has 0 heterocycles. The Morgan fingerprint density at radius 1 is 1.12 bits per heavy atom. The molecular formula is C4H6Cl2Si2. The van der Waals surface area contributed by atoms with Crippen molar-refractivity contribution < 1.29 is 0 Å². The van der Waals surface area contributed by atoms with Gasteiger partial charge in [-0.25, -0.2) is 0 Å². The maximum atomic E-state index is 5.71. The minimum absolute atomic E-state index is 0.392. The van der Waals surface area contributed by atoms with Gasteiger partial charge in [-0.2, -0.15) is 22.2 Å². The van der Waals surface area contributed by atoms with Gasteiger partial charge in [-0.05, 0) is 4.66 Å². The first kappa shape index (κ1) is 7.12. The van der Waals surface area contributed by atoms with Crippen LogP contribution in [0, 0.1) is 0 Å². The Bertz CT molecular complexity index is 68.6. The van der Waals surface area contributed by atoms with Crippen molar-refractivity contribution in [2.24, 2.45) is 0 Å². The van der Waals surface area contributed by atoms with Gasteiger partial charge in [0.15, 0.2) is 17.7 Å². The summed E-state index contributed by atoms with van der Waals surface area (Å²) in [5, 5.41) is 0. The van der Waals surface area contributed by atoms with Gasteiger partial charge in [-0.1, -0.05) is 19.3 Å². The molecule has 0 aromatic rings. The quantitative estimate of drug-likeness (QED) is 0.451. The summed E-state index contributed by atoms with van der Waals surface area (Å²) in [5.41, 5.74) is 0. The van der Waals surface area contributed by atoms with Crippen molar-refractivity contribution in [3.8, 4) is 0 Å². The Balaban J connectivity index is 2.33. The molecule has 1 saturated carbocycles. The van der Waals surface area contributed by atoms with Crippen LogP contribution in [0.1, 0.15) is 19.3 Å². The summed E-state index contributed by atoms with van der Waals surface area (Å²) in [4.78, 5) is 0. The zero-order valence-corrected chi connectivity index (χ0v) is 7.89. The summed E-state index contributed by atoms with van der Waals surface area (Å²) in [5.74, 6) is 0. The molecule has 0 bridgehead atoms. The Hall–Kier alpha value is 1.01. The van der Waals surface area contributed by atoms with Crippen LogP contribution in [0.15, 0.2) is 0 Å². The molecule has 1 aliphatic rings. The largest absolute Gasteiger partial charge is 0.176 e. The van der Waals surface area contributed by atoms with Crippen LogP contribution in [0.5, 0.6) is 0 Å². The van der Waals surface area contributed by atoms with Crippen molar-refractivity contribution in [3.05, 3.63) is 0 Å². The van der Waals surface area contributed by atoms with Crippen molar-refractivity contribution in [2.45, 2.75) is 23.9 Å². The highest BCUT2D eigenvalue weighted by atomic mass is 35.6. The Kier molecular flexibility index (Phi) is 2.43. The van der Waals surface area contributed by atoms with E-state index in [1.165, 1.54) is 19.3 Å². The van der Waals surface area contributed by atoms with E-state index in [0.29, 0.717) is 22.3 Å². The van der Waals surface area contributed by atoms with E-state index in [0.717, 1.165) is 0 Å². The molecule has 0 aromatic carbocycles. The van der Waals surface area contributed by atoms with Gasteiger partial charge in [0.2, 0.25) is 0 Å². The van der Waals surface area contributed by atoms with E-state index in [9.17, 15) is 0 Å². The fourth-order valence-corrected chi connectivity index (χ4v) is 4.38. The van der Waals surface area contributed by atoms with Crippen LogP contribution in [0.3, 0.4) is 0 Å². The zero-order chi connectivity index (χ0) is 6.04. The molecule has 4 radical (unpaired) electrons. The Labute approximate surface area is 64.0 Å². The summed E-state index contributed by atoms with van der Waals surface area (Å²) in [6.07, 6.45) is 3.85. The Morgan fingerprint density at radius 3 is 1.62 bits per heavy atom. The Morgan fingerprint density at radius 2 is 1.62 bits per heavy atom. The van der Waals surface area contributed by atoms with Gasteiger partial charge in [0.05, 0.1) is 0 Å². The highest BCUT2D eigenvalue weighted by molar-refractivity contribution is 7.08. The van der Waals surface area contributed by atoms with E-state index in [1.807, 2.05) is 0 Å². The second kappa shape index (κ2) is 2.73. The van der Waals surface area contributed by atoms with Gasteiger partial charge in [-0.3, -0.25) is 0 Å². The van der Waals surface area contributed by atoms with E-state index in [-0.39, 0.29) is 0 Å². The smallest absolute Gasteiger partial charge is 0.171 e. The molecule has 0 nitrogen and oxygen atoms in total. The molecule has 44 valence electrons. The minimum atomic E-state index is 0.392. The van der Waals surface area contributed by atoms with E-state index >= 15 is 0 Å². The van der Waals surface area contributed by atoms with E-state index in [1.54, 1.807) is 0 Å². The fraction of sp³-hybridized carbons (Fsp3) is 1.00. The average Bonchev–Trinajstić information content (AvgIpc) is 1.67. The minimum Gasteiger partial charge on any atom is -0.171 e. The van der Waals surface area contributed by atoms with Crippen LogP contribution in [0.4, 0.5) is 0 Å². The van der Waals surface area contributed by atoms with Crippen molar-refractivity contribution >= 4 is 39.8 Å². The summed E-state index contributed by atoms with van der Waals surface area (Å²) in [7, 11) is 1.08. The summed E-state index contributed by atoms with van der Waals surface area (Å²) in [6, 6.07) is 0. The third kappa shape index (κ3) is 1.13. The van der Waals surface area contributed by atoms with E-state index in [2.05, 4.69) is 0 Å². The molecule has 1 aliphatic carbocycles. The molecule has 0 amide bonds. The first-order valence-corrected chi connectivity index (χ1v) is 6.61. The van der Waals surface area contributed by atoms with Crippen molar-refractivity contribution in [3.63, 3.8) is 0 Å². The van der Waals surface area contributed by atoms with Crippen molar-refractivity contribution in [2.75, 3.05) is 0 Å². The van der Waals surface area contributed by atoms with E-state index in [4.69, 9.17) is 22.2 Å². The molecule has 0 aromatic heterocycles. The van der Waals surface area contributed by atoms with Gasteiger partial charge >= 0.3 is 0 Å². The molecule has 0 N–H and O–H groups in total. The predicted molar refractivity (Wildman–Crippen MR) is 39.8 cm³/mol. The van der Waals surface area contributed by atoms with Gasteiger partial charge in [0, 0.05) is 0 Å². The lowest BCUT2D eigenvalue weighted by Gasteiger charge is -2.36. The molecule has 0 spiro atoms. The molecule has 0 atom stereocenters. The molecule has 1 fully saturated rings.